The summed E-state index contributed by atoms with van der Waals surface area (Å²) in [6.07, 6.45) is 10.4. The first-order valence-corrected chi connectivity index (χ1v) is 12.8. The van der Waals surface area contributed by atoms with Gasteiger partial charge in [-0.25, -0.2) is 9.97 Å². The van der Waals surface area contributed by atoms with Gasteiger partial charge in [-0.3, -0.25) is 9.91 Å². The van der Waals surface area contributed by atoms with Crippen molar-refractivity contribution in [2.45, 2.75) is 65.7 Å². The molecule has 4 aliphatic rings. The molecule has 0 N–H and O–H groups in total. The Morgan fingerprint density at radius 1 is 1.00 bits per heavy atom. The molecule has 2 aliphatic heterocycles. The minimum Gasteiger partial charge on any atom is -0.300 e. The first-order chi connectivity index (χ1) is 15.2. The van der Waals surface area contributed by atoms with Gasteiger partial charge in [0.2, 0.25) is 0 Å². The lowest BCUT2D eigenvalue weighted by atomic mass is 9.93. The van der Waals surface area contributed by atoms with E-state index in [4.69, 9.17) is 15.1 Å². The summed E-state index contributed by atoms with van der Waals surface area (Å²) in [6.45, 7) is 12.1. The zero-order chi connectivity index (χ0) is 21.4. The van der Waals surface area contributed by atoms with Crippen LogP contribution in [0.5, 0.6) is 0 Å². The van der Waals surface area contributed by atoms with E-state index < -0.39 is 0 Å². The fourth-order valence-corrected chi connectivity index (χ4v) is 6.13. The Morgan fingerprint density at radius 3 is 2.48 bits per heavy atom. The maximum Gasteiger partial charge on any atom is 0.138 e. The number of aryl methyl sites for hydroxylation is 2. The first kappa shape index (κ1) is 20.9. The molecule has 1 aromatic rings. The van der Waals surface area contributed by atoms with Crippen LogP contribution >= 0.6 is 11.3 Å². The van der Waals surface area contributed by atoms with E-state index in [9.17, 15) is 0 Å². The van der Waals surface area contributed by atoms with Gasteiger partial charge in [-0.15, -0.1) is 16.4 Å². The van der Waals surface area contributed by atoms with Crippen LogP contribution in [0.2, 0.25) is 0 Å². The van der Waals surface area contributed by atoms with E-state index in [0.717, 1.165) is 55.4 Å². The lowest BCUT2D eigenvalue weighted by molar-refractivity contribution is 0.231. The summed E-state index contributed by atoms with van der Waals surface area (Å²) in [6, 6.07) is 0. The van der Waals surface area contributed by atoms with E-state index in [-0.39, 0.29) is 0 Å². The van der Waals surface area contributed by atoms with Crippen molar-refractivity contribution >= 4 is 11.3 Å². The van der Waals surface area contributed by atoms with Crippen LogP contribution in [0, 0.1) is 13.8 Å². The molecule has 6 nitrogen and oxygen atoms in total. The lowest BCUT2D eigenvalue weighted by Gasteiger charge is -2.37. The number of rotatable bonds is 6. The number of aromatic nitrogens is 4. The molecule has 0 unspecified atom stereocenters. The molecule has 0 aromatic carbocycles. The molecule has 0 radical (unpaired) electrons. The molecule has 3 heterocycles. The topological polar surface area (TPSA) is 50.1 Å². The van der Waals surface area contributed by atoms with Gasteiger partial charge in [-0.2, -0.15) is 4.79 Å². The van der Waals surface area contributed by atoms with Crippen LogP contribution in [-0.4, -0.2) is 57.5 Å². The van der Waals surface area contributed by atoms with Crippen LogP contribution in [0.4, 0.5) is 0 Å². The van der Waals surface area contributed by atoms with Crippen molar-refractivity contribution < 1.29 is 0 Å². The van der Waals surface area contributed by atoms with E-state index in [1.165, 1.54) is 65.9 Å². The van der Waals surface area contributed by atoms with Gasteiger partial charge in [0, 0.05) is 36.6 Å². The largest absolute Gasteiger partial charge is 0.300 e. The minimum absolute atomic E-state index is 1.02. The van der Waals surface area contributed by atoms with Gasteiger partial charge in [0.25, 0.3) is 0 Å². The van der Waals surface area contributed by atoms with Crippen molar-refractivity contribution in [3.63, 3.8) is 0 Å². The molecule has 2 aliphatic carbocycles. The predicted octanol–water partition coefficient (Wildman–Crippen LogP) is 4.45. The van der Waals surface area contributed by atoms with E-state index in [1.807, 2.05) is 11.3 Å². The highest BCUT2D eigenvalue weighted by atomic mass is 32.1. The van der Waals surface area contributed by atoms with E-state index in [0.29, 0.717) is 0 Å². The van der Waals surface area contributed by atoms with Crippen molar-refractivity contribution in [2.24, 2.45) is 0 Å². The highest BCUT2D eigenvalue weighted by Crippen LogP contribution is 2.46. The second kappa shape index (κ2) is 8.87. The Morgan fingerprint density at radius 2 is 1.77 bits per heavy atom. The Balaban J connectivity index is 1.48. The van der Waals surface area contributed by atoms with Crippen molar-refractivity contribution in [2.75, 3.05) is 37.7 Å². The summed E-state index contributed by atoms with van der Waals surface area (Å²) >= 11 is 1.81. The molecule has 1 saturated heterocycles. The third-order valence-corrected chi connectivity index (χ3v) is 8.09. The number of hydrogen-bond donors (Lipinski definition) is 0. The highest BCUT2D eigenvalue weighted by molar-refractivity contribution is 7.15. The van der Waals surface area contributed by atoms with Crippen LogP contribution in [0.3, 0.4) is 0 Å². The van der Waals surface area contributed by atoms with E-state index in [1.54, 1.807) is 6.33 Å². The van der Waals surface area contributed by atoms with Gasteiger partial charge in [0.05, 0.1) is 5.69 Å². The zero-order valence-electron chi connectivity index (χ0n) is 19.2. The van der Waals surface area contributed by atoms with E-state index in [2.05, 4.69) is 35.5 Å². The number of nitrogens with zero attached hydrogens (tertiary/aromatic N) is 6. The quantitative estimate of drug-likeness (QED) is 0.532. The maximum absolute atomic E-state index is 4.93. The molecule has 0 spiro atoms. The van der Waals surface area contributed by atoms with Gasteiger partial charge in [0.1, 0.15) is 22.7 Å². The first-order valence-electron chi connectivity index (χ1n) is 12.0. The van der Waals surface area contributed by atoms with Crippen LogP contribution < -0.4 is 5.01 Å². The number of piperazine rings is 1. The highest BCUT2D eigenvalue weighted by Gasteiger charge is 2.33. The van der Waals surface area contributed by atoms with Crippen LogP contribution in [0.25, 0.3) is 22.0 Å². The second-order valence-corrected chi connectivity index (χ2v) is 10.3. The summed E-state index contributed by atoms with van der Waals surface area (Å²) in [5, 5.41) is 8.33. The molecule has 0 saturated carbocycles. The van der Waals surface area contributed by atoms with Crippen molar-refractivity contribution in [1.29, 1.82) is 0 Å². The van der Waals surface area contributed by atoms with Gasteiger partial charge in [-0.1, -0.05) is 19.8 Å². The van der Waals surface area contributed by atoms with Crippen LogP contribution in [0.15, 0.2) is 6.33 Å². The maximum atomic E-state index is 4.93. The smallest absolute Gasteiger partial charge is 0.138 e. The van der Waals surface area contributed by atoms with Crippen LogP contribution in [-0.2, 0) is 12.8 Å². The fourth-order valence-electron chi connectivity index (χ4n) is 5.14. The molecule has 0 atom stereocenters. The number of unbranched alkanes of at least 4 members (excludes halogenated alkanes) is 2. The normalized spacial score (nSPS) is 17.5. The fraction of sp³-hybridized carbons (Fsp3) is 0.625. The average molecular weight is 439 g/mol. The predicted molar refractivity (Wildman–Crippen MR) is 128 cm³/mol. The number of fused-ring (bicyclic) bond motifs is 3. The molecule has 31 heavy (non-hydrogen) atoms. The van der Waals surface area contributed by atoms with Crippen LogP contribution in [0.1, 0.15) is 60.7 Å². The molecule has 166 valence electrons. The summed E-state index contributed by atoms with van der Waals surface area (Å²) in [7, 11) is 0. The number of thiazole rings is 1. The zero-order valence-corrected chi connectivity index (χ0v) is 20.0. The molecule has 0 bridgehead atoms. The number of hydrogen-bond acceptors (Lipinski definition) is 6. The third-order valence-electron chi connectivity index (χ3n) is 7.00. The van der Waals surface area contributed by atoms with Gasteiger partial charge >= 0.3 is 0 Å². The minimum atomic E-state index is 1.02. The monoisotopic (exact) mass is 438 g/mol. The standard InChI is InChI=1S/C24H34N6S/c1-4-5-8-11-28-12-14-29(15-13-28)30-23-20-10-7-6-9-19(20)21(22(23)25-16-26-30)24-27-17(2)18(3)31-24/h16H,4-15H2,1-3H3. The molecule has 0 amide bonds. The molecule has 1 fully saturated rings. The summed E-state index contributed by atoms with van der Waals surface area (Å²) < 4.78 is 0. The van der Waals surface area contributed by atoms with Crippen molar-refractivity contribution in [1.82, 2.24) is 24.8 Å². The molecule has 7 heteroatoms. The van der Waals surface area contributed by atoms with Crippen molar-refractivity contribution in [3.8, 4) is 22.0 Å². The van der Waals surface area contributed by atoms with Crippen molar-refractivity contribution in [3.05, 3.63) is 28.0 Å². The van der Waals surface area contributed by atoms with E-state index >= 15 is 0 Å². The Labute approximate surface area is 189 Å². The molecule has 5 rings (SSSR count). The van der Waals surface area contributed by atoms with Gasteiger partial charge in [0.15, 0.2) is 0 Å². The average Bonchev–Trinajstić information content (AvgIpc) is 3.31. The SMILES string of the molecule is CCCCCN1CCN(n2ncnc3c(-c4nc(C)c(C)s4)c4c(c2-3)CCCC4)CC1. The van der Waals surface area contributed by atoms with Gasteiger partial charge in [-0.05, 0) is 63.6 Å². The molecular formula is C24H34N6S. The lowest BCUT2D eigenvalue weighted by Crippen LogP contribution is -2.52. The molecular weight excluding hydrogens is 404 g/mol. The van der Waals surface area contributed by atoms with Gasteiger partial charge < -0.3 is 0 Å². The third kappa shape index (κ3) is 3.87. The Hall–Kier alpha value is -1.99. The summed E-state index contributed by atoms with van der Waals surface area (Å²) in [5.74, 6) is 0. The Kier molecular flexibility index (Phi) is 5.97. The Bertz CT molecular complexity index is 994. The second-order valence-electron chi connectivity index (χ2n) is 9.05. The summed E-state index contributed by atoms with van der Waals surface area (Å²) in [5.41, 5.74) is 7.69. The molecule has 1 aromatic heterocycles. The summed E-state index contributed by atoms with van der Waals surface area (Å²) in [4.78, 5) is 15.8.